The Morgan fingerprint density at radius 2 is 1.62 bits per heavy atom. The van der Waals surface area contributed by atoms with Gasteiger partial charge < -0.3 is 20.3 Å². The van der Waals surface area contributed by atoms with E-state index in [9.17, 15) is 9.59 Å². The average molecular weight is 466 g/mol. The molecule has 2 amide bonds. The molecule has 6 heteroatoms. The molecule has 1 fully saturated rings. The minimum Gasteiger partial charge on any atom is -0.494 e. The zero-order valence-electron chi connectivity index (χ0n) is 20.5. The third-order valence-electron chi connectivity index (χ3n) is 6.09. The number of carbonyl (C=O) groups is 2. The highest BCUT2D eigenvalue weighted by molar-refractivity contribution is 5.98. The molecule has 2 N–H and O–H groups in total. The Balaban J connectivity index is 1.45. The van der Waals surface area contributed by atoms with E-state index in [4.69, 9.17) is 4.74 Å². The number of nitrogens with one attached hydrogen (secondary N) is 2. The summed E-state index contributed by atoms with van der Waals surface area (Å²) in [7, 11) is 0. The zero-order valence-corrected chi connectivity index (χ0v) is 20.5. The number of likely N-dealkylation sites (tertiary alicyclic amines) is 1. The lowest BCUT2D eigenvalue weighted by atomic mass is 10.1. The number of anilines is 2. The van der Waals surface area contributed by atoms with Crippen molar-refractivity contribution in [1.82, 2.24) is 4.90 Å². The first-order valence-electron chi connectivity index (χ1n) is 12.8. The van der Waals surface area contributed by atoms with Crippen molar-refractivity contribution in [1.29, 1.82) is 0 Å². The Morgan fingerprint density at radius 1 is 0.882 bits per heavy atom. The van der Waals surface area contributed by atoms with Gasteiger partial charge >= 0.3 is 0 Å². The van der Waals surface area contributed by atoms with Crippen LogP contribution in [-0.2, 0) is 4.79 Å². The second-order valence-corrected chi connectivity index (χ2v) is 8.98. The van der Waals surface area contributed by atoms with Crippen LogP contribution in [0.15, 0.2) is 48.5 Å². The third-order valence-corrected chi connectivity index (χ3v) is 6.09. The van der Waals surface area contributed by atoms with Crippen LogP contribution in [-0.4, -0.2) is 43.0 Å². The molecule has 2 aromatic carbocycles. The monoisotopic (exact) mass is 465 g/mol. The fourth-order valence-electron chi connectivity index (χ4n) is 4.17. The lowest BCUT2D eigenvalue weighted by Crippen LogP contribution is -2.31. The van der Waals surface area contributed by atoms with E-state index < -0.39 is 0 Å². The van der Waals surface area contributed by atoms with Gasteiger partial charge in [-0.15, -0.1) is 0 Å². The first-order chi connectivity index (χ1) is 16.7. The maximum absolute atomic E-state index is 12.9. The van der Waals surface area contributed by atoms with Gasteiger partial charge in [0, 0.05) is 36.1 Å². The number of hydrogen-bond acceptors (Lipinski definition) is 4. The van der Waals surface area contributed by atoms with E-state index in [1.54, 1.807) is 6.07 Å². The Labute approximate surface area is 204 Å². The number of benzene rings is 2. The quantitative estimate of drug-likeness (QED) is 0.372. The van der Waals surface area contributed by atoms with Gasteiger partial charge in [-0.2, -0.15) is 0 Å². The smallest absolute Gasteiger partial charge is 0.253 e. The number of ether oxygens (including phenoxy) is 1. The minimum absolute atomic E-state index is 0.0401. The summed E-state index contributed by atoms with van der Waals surface area (Å²) < 4.78 is 5.85. The fraction of sp³-hybridized carbons (Fsp3) is 0.500. The molecule has 0 unspecified atom stereocenters. The van der Waals surface area contributed by atoms with Gasteiger partial charge in [-0.1, -0.05) is 57.6 Å². The van der Waals surface area contributed by atoms with Crippen molar-refractivity contribution < 1.29 is 14.3 Å². The van der Waals surface area contributed by atoms with Crippen LogP contribution in [0.2, 0.25) is 0 Å². The second-order valence-electron chi connectivity index (χ2n) is 8.98. The van der Waals surface area contributed by atoms with E-state index >= 15 is 0 Å². The zero-order chi connectivity index (χ0) is 24.0. The first kappa shape index (κ1) is 25.6. The van der Waals surface area contributed by atoms with Gasteiger partial charge in [-0.25, -0.2) is 0 Å². The van der Waals surface area contributed by atoms with Gasteiger partial charge in [0.25, 0.3) is 5.91 Å². The molecule has 1 saturated heterocycles. The van der Waals surface area contributed by atoms with Crippen molar-refractivity contribution in [3.63, 3.8) is 0 Å². The van der Waals surface area contributed by atoms with Crippen LogP contribution in [0.5, 0.6) is 5.75 Å². The molecule has 3 rings (SSSR count). The highest BCUT2D eigenvalue weighted by atomic mass is 16.5. The molecule has 184 valence electrons. The molecule has 0 spiro atoms. The number of rotatable bonds is 12. The summed E-state index contributed by atoms with van der Waals surface area (Å²) in [6.45, 7) is 4.66. The van der Waals surface area contributed by atoms with Crippen LogP contribution in [0.25, 0.3) is 0 Å². The Kier molecular flexibility index (Phi) is 10.8. The number of amides is 2. The summed E-state index contributed by atoms with van der Waals surface area (Å²) >= 11 is 0. The lowest BCUT2D eigenvalue weighted by molar-refractivity contribution is -0.114. The lowest BCUT2D eigenvalue weighted by Gasteiger charge is -2.20. The maximum atomic E-state index is 12.9. The molecule has 0 radical (unpaired) electrons. The van der Waals surface area contributed by atoms with Crippen molar-refractivity contribution >= 4 is 23.2 Å². The fourth-order valence-corrected chi connectivity index (χ4v) is 4.17. The highest BCUT2D eigenvalue weighted by Gasteiger charge is 2.17. The van der Waals surface area contributed by atoms with Gasteiger partial charge in [0.2, 0.25) is 5.91 Å². The highest BCUT2D eigenvalue weighted by Crippen LogP contribution is 2.19. The van der Waals surface area contributed by atoms with Crippen molar-refractivity contribution in [2.45, 2.75) is 64.7 Å². The van der Waals surface area contributed by atoms with Crippen LogP contribution in [0.3, 0.4) is 0 Å². The SMILES string of the molecule is CCCCCCCOc1cccc(NCC(=O)Nc2cccc(C(=O)N3CCCCCC3)c2)c1. The van der Waals surface area contributed by atoms with Crippen molar-refractivity contribution in [2.24, 2.45) is 0 Å². The van der Waals surface area contributed by atoms with E-state index in [1.165, 1.54) is 38.5 Å². The molecule has 0 atom stereocenters. The Bertz CT molecular complexity index is 907. The molecule has 1 aliphatic heterocycles. The first-order valence-corrected chi connectivity index (χ1v) is 12.8. The molecule has 0 saturated carbocycles. The van der Waals surface area contributed by atoms with E-state index in [0.717, 1.165) is 43.8 Å². The van der Waals surface area contributed by atoms with E-state index in [2.05, 4.69) is 17.6 Å². The molecule has 34 heavy (non-hydrogen) atoms. The standard InChI is InChI=1S/C28H39N3O3/c1-2-3-4-7-10-19-34-26-16-12-14-24(21-26)29-22-27(32)30-25-15-11-13-23(20-25)28(33)31-17-8-5-6-9-18-31/h11-16,20-21,29H,2-10,17-19,22H2,1H3,(H,30,32). The number of nitrogens with zero attached hydrogens (tertiary/aromatic N) is 1. The molecule has 2 aromatic rings. The van der Waals surface area contributed by atoms with Crippen LogP contribution in [0, 0.1) is 0 Å². The van der Waals surface area contributed by atoms with Crippen molar-refractivity contribution in [2.75, 3.05) is 36.9 Å². The molecule has 0 aromatic heterocycles. The number of hydrogen-bond donors (Lipinski definition) is 2. The molecule has 1 heterocycles. The maximum Gasteiger partial charge on any atom is 0.253 e. The van der Waals surface area contributed by atoms with E-state index in [0.29, 0.717) is 17.9 Å². The predicted molar refractivity (Wildman–Crippen MR) is 139 cm³/mol. The number of carbonyl (C=O) groups excluding carboxylic acids is 2. The molecule has 6 nitrogen and oxygen atoms in total. The van der Waals surface area contributed by atoms with E-state index in [-0.39, 0.29) is 18.4 Å². The van der Waals surface area contributed by atoms with Crippen molar-refractivity contribution in [3.05, 3.63) is 54.1 Å². The van der Waals surface area contributed by atoms with Gasteiger partial charge in [0.15, 0.2) is 0 Å². The second kappa shape index (κ2) is 14.3. The third kappa shape index (κ3) is 8.73. The Hall–Kier alpha value is -3.02. The van der Waals surface area contributed by atoms with Gasteiger partial charge in [-0.3, -0.25) is 9.59 Å². The van der Waals surface area contributed by atoms with Gasteiger partial charge in [0.05, 0.1) is 13.2 Å². The van der Waals surface area contributed by atoms with Crippen molar-refractivity contribution in [3.8, 4) is 5.75 Å². The summed E-state index contributed by atoms with van der Waals surface area (Å²) in [6, 6.07) is 14.9. The van der Waals surface area contributed by atoms with Crippen LogP contribution in [0.1, 0.15) is 75.1 Å². The molecular formula is C28H39N3O3. The average Bonchev–Trinajstić information content (AvgIpc) is 3.15. The molecule has 0 aliphatic carbocycles. The summed E-state index contributed by atoms with van der Waals surface area (Å²) in [6.07, 6.45) is 10.5. The van der Waals surface area contributed by atoms with Crippen LogP contribution >= 0.6 is 0 Å². The van der Waals surface area contributed by atoms with Crippen LogP contribution < -0.4 is 15.4 Å². The topological polar surface area (TPSA) is 70.7 Å². The molecular weight excluding hydrogens is 426 g/mol. The number of unbranched alkanes of at least 4 members (excludes halogenated alkanes) is 4. The van der Waals surface area contributed by atoms with Gasteiger partial charge in [-0.05, 0) is 49.6 Å². The molecule has 1 aliphatic rings. The summed E-state index contributed by atoms with van der Waals surface area (Å²) in [4.78, 5) is 27.3. The Morgan fingerprint density at radius 3 is 2.41 bits per heavy atom. The summed E-state index contributed by atoms with van der Waals surface area (Å²) in [5.41, 5.74) is 2.09. The normalized spacial score (nSPS) is 13.7. The largest absolute Gasteiger partial charge is 0.494 e. The van der Waals surface area contributed by atoms with E-state index in [1.807, 2.05) is 47.4 Å². The predicted octanol–water partition coefficient (Wildman–Crippen LogP) is 6.10. The molecule has 0 bridgehead atoms. The van der Waals surface area contributed by atoms with Crippen LogP contribution in [0.4, 0.5) is 11.4 Å². The van der Waals surface area contributed by atoms with Gasteiger partial charge in [0.1, 0.15) is 5.75 Å². The minimum atomic E-state index is -0.165. The summed E-state index contributed by atoms with van der Waals surface area (Å²) in [5.74, 6) is 0.681. The summed E-state index contributed by atoms with van der Waals surface area (Å²) in [5, 5.41) is 6.04.